The van der Waals surface area contributed by atoms with E-state index in [0.29, 0.717) is 18.2 Å². The van der Waals surface area contributed by atoms with Crippen LogP contribution < -0.4 is 10.9 Å². The van der Waals surface area contributed by atoms with Gasteiger partial charge in [-0.15, -0.1) is 0 Å². The third kappa shape index (κ3) is 2.73. The summed E-state index contributed by atoms with van der Waals surface area (Å²) >= 11 is 0. The quantitative estimate of drug-likeness (QED) is 0.769. The highest BCUT2D eigenvalue weighted by Crippen LogP contribution is 2.31. The molecular formula is C19H19N3O3. The number of rotatable bonds is 3. The molecule has 0 saturated carbocycles. The predicted molar refractivity (Wildman–Crippen MR) is 93.8 cm³/mol. The lowest BCUT2D eigenvalue weighted by atomic mass is 9.83. The minimum Gasteiger partial charge on any atom is -0.442 e. The van der Waals surface area contributed by atoms with Gasteiger partial charge in [0, 0.05) is 12.5 Å². The molecule has 1 aliphatic rings. The molecule has 2 N–H and O–H groups in total. The summed E-state index contributed by atoms with van der Waals surface area (Å²) in [5.74, 6) is 0.405. The maximum absolute atomic E-state index is 12.7. The molecule has 0 spiro atoms. The van der Waals surface area contributed by atoms with Crippen LogP contribution in [-0.4, -0.2) is 22.4 Å². The monoisotopic (exact) mass is 337 g/mol. The van der Waals surface area contributed by atoms with E-state index in [0.717, 1.165) is 19.3 Å². The van der Waals surface area contributed by atoms with Gasteiger partial charge in [-0.05, 0) is 37.3 Å². The highest BCUT2D eigenvalue weighted by molar-refractivity contribution is 6.06. The molecule has 1 amide bonds. The third-order valence-corrected chi connectivity index (χ3v) is 4.90. The van der Waals surface area contributed by atoms with Gasteiger partial charge in [0.1, 0.15) is 11.1 Å². The maximum Gasteiger partial charge on any atom is 0.262 e. The average molecular weight is 337 g/mol. The van der Waals surface area contributed by atoms with Crippen LogP contribution in [0.5, 0.6) is 0 Å². The fourth-order valence-corrected chi connectivity index (χ4v) is 3.70. The second-order valence-electron chi connectivity index (χ2n) is 6.44. The van der Waals surface area contributed by atoms with Crippen LogP contribution in [0.25, 0.3) is 11.1 Å². The zero-order valence-electron chi connectivity index (χ0n) is 14.0. The van der Waals surface area contributed by atoms with Crippen molar-refractivity contribution in [1.82, 2.24) is 15.3 Å². The van der Waals surface area contributed by atoms with Crippen molar-refractivity contribution < 1.29 is 9.21 Å². The first kappa shape index (κ1) is 15.6. The highest BCUT2D eigenvalue weighted by Gasteiger charge is 2.24. The van der Waals surface area contributed by atoms with Gasteiger partial charge in [-0.2, -0.15) is 0 Å². The molecule has 0 aliphatic heterocycles. The molecule has 0 unspecified atom stereocenters. The first-order valence-corrected chi connectivity index (χ1v) is 8.48. The van der Waals surface area contributed by atoms with Crippen molar-refractivity contribution in [2.24, 2.45) is 0 Å². The van der Waals surface area contributed by atoms with Gasteiger partial charge in [0.15, 0.2) is 0 Å². The fourth-order valence-electron chi connectivity index (χ4n) is 3.70. The Balaban J connectivity index is 1.58. The number of amides is 1. The average Bonchev–Trinajstić information content (AvgIpc) is 2.97. The zero-order valence-corrected chi connectivity index (χ0v) is 14.0. The number of aryl methyl sites for hydroxylation is 2. The fraction of sp³-hybridized carbons (Fsp3) is 0.316. The number of carbonyl (C=O) groups is 1. The lowest BCUT2D eigenvalue weighted by Crippen LogP contribution is -2.30. The van der Waals surface area contributed by atoms with Crippen LogP contribution in [0.2, 0.25) is 0 Å². The van der Waals surface area contributed by atoms with Crippen LogP contribution in [0.4, 0.5) is 0 Å². The number of furan rings is 1. The van der Waals surface area contributed by atoms with Crippen LogP contribution in [0.1, 0.15) is 46.0 Å². The van der Waals surface area contributed by atoms with E-state index in [1.807, 2.05) is 6.07 Å². The second-order valence-corrected chi connectivity index (χ2v) is 6.44. The zero-order chi connectivity index (χ0) is 17.4. The molecule has 1 aliphatic carbocycles. The summed E-state index contributed by atoms with van der Waals surface area (Å²) in [6.07, 6.45) is 4.53. The number of benzene rings is 1. The van der Waals surface area contributed by atoms with E-state index in [-0.39, 0.29) is 28.1 Å². The Hall–Kier alpha value is -2.89. The molecule has 1 atom stereocenters. The summed E-state index contributed by atoms with van der Waals surface area (Å²) in [6, 6.07) is 8.39. The topological polar surface area (TPSA) is 88.0 Å². The van der Waals surface area contributed by atoms with Crippen LogP contribution >= 0.6 is 0 Å². The third-order valence-electron chi connectivity index (χ3n) is 4.90. The van der Waals surface area contributed by atoms with E-state index < -0.39 is 0 Å². The molecule has 3 aromatic rings. The number of fused-ring (bicyclic) bond motifs is 2. The number of carbonyl (C=O) groups excluding carboxylic acids is 1. The lowest BCUT2D eigenvalue weighted by molar-refractivity contribution is 0.0950. The summed E-state index contributed by atoms with van der Waals surface area (Å²) in [5, 5.41) is 3.19. The van der Waals surface area contributed by atoms with E-state index in [1.165, 1.54) is 17.5 Å². The molecular weight excluding hydrogens is 318 g/mol. The van der Waals surface area contributed by atoms with Crippen LogP contribution in [0.3, 0.4) is 0 Å². The minimum absolute atomic E-state index is 0.189. The number of aromatic nitrogens is 2. The lowest BCUT2D eigenvalue weighted by Gasteiger charge is -2.25. The number of hydrogen-bond donors (Lipinski definition) is 2. The number of H-pyrrole nitrogens is 1. The van der Waals surface area contributed by atoms with Crippen molar-refractivity contribution >= 4 is 17.0 Å². The number of hydrogen-bond acceptors (Lipinski definition) is 4. The Morgan fingerprint density at radius 2 is 2.24 bits per heavy atom. The molecule has 1 aromatic carbocycles. The van der Waals surface area contributed by atoms with Crippen molar-refractivity contribution in [3.63, 3.8) is 0 Å². The van der Waals surface area contributed by atoms with Crippen molar-refractivity contribution in [3.8, 4) is 0 Å². The van der Waals surface area contributed by atoms with Crippen LogP contribution in [-0.2, 0) is 6.42 Å². The first-order valence-electron chi connectivity index (χ1n) is 8.48. The summed E-state index contributed by atoms with van der Waals surface area (Å²) in [5.41, 5.74) is 2.76. The van der Waals surface area contributed by atoms with E-state index in [1.54, 1.807) is 6.92 Å². The molecule has 6 heteroatoms. The number of aromatic amines is 1. The van der Waals surface area contributed by atoms with E-state index in [4.69, 9.17) is 4.42 Å². The normalized spacial score (nSPS) is 16.6. The van der Waals surface area contributed by atoms with Gasteiger partial charge in [0.05, 0.1) is 11.9 Å². The van der Waals surface area contributed by atoms with Crippen LogP contribution in [0, 0.1) is 6.92 Å². The van der Waals surface area contributed by atoms with Crippen LogP contribution in [0.15, 0.2) is 39.8 Å². The Morgan fingerprint density at radius 3 is 3.12 bits per heavy atom. The smallest absolute Gasteiger partial charge is 0.262 e. The molecule has 2 heterocycles. The van der Waals surface area contributed by atoms with Gasteiger partial charge in [-0.25, -0.2) is 4.98 Å². The minimum atomic E-state index is -0.366. The summed E-state index contributed by atoms with van der Waals surface area (Å²) in [7, 11) is 0. The number of nitrogens with zero attached hydrogens (tertiary/aromatic N) is 1. The SMILES string of the molecule is Cc1oc2nc[nH]c(=O)c2c1C(=O)NC[C@@H]1CCCc2ccccc21. The van der Waals surface area contributed by atoms with Crippen molar-refractivity contribution in [1.29, 1.82) is 0 Å². The Bertz CT molecular complexity index is 1000. The molecule has 0 saturated heterocycles. The Morgan fingerprint density at radius 1 is 1.40 bits per heavy atom. The van der Waals surface area contributed by atoms with Gasteiger partial charge < -0.3 is 14.7 Å². The summed E-state index contributed by atoms with van der Waals surface area (Å²) in [6.45, 7) is 2.21. The molecule has 0 fully saturated rings. The molecule has 6 nitrogen and oxygen atoms in total. The van der Waals surface area contributed by atoms with Crippen molar-refractivity contribution in [3.05, 3.63) is 63.4 Å². The highest BCUT2D eigenvalue weighted by atomic mass is 16.3. The van der Waals surface area contributed by atoms with Gasteiger partial charge in [-0.1, -0.05) is 24.3 Å². The molecule has 4 rings (SSSR count). The van der Waals surface area contributed by atoms with E-state index in [9.17, 15) is 9.59 Å². The molecule has 0 radical (unpaired) electrons. The molecule has 128 valence electrons. The predicted octanol–water partition coefficient (Wildman–Crippen LogP) is 2.67. The van der Waals surface area contributed by atoms with E-state index in [2.05, 4.69) is 33.5 Å². The first-order chi connectivity index (χ1) is 12.1. The van der Waals surface area contributed by atoms with Crippen molar-refractivity contribution in [2.45, 2.75) is 32.1 Å². The Labute approximate surface area is 144 Å². The molecule has 25 heavy (non-hydrogen) atoms. The Kier molecular flexibility index (Phi) is 3.87. The van der Waals surface area contributed by atoms with Gasteiger partial charge >= 0.3 is 0 Å². The standard InChI is InChI=1S/C19H19N3O3/c1-11-15(16-18(24)21-10-22-19(16)25-11)17(23)20-9-13-7-4-6-12-5-2-3-8-14(12)13/h2-3,5,8,10,13H,4,6-7,9H2,1H3,(H,20,23)(H,21,22,24)/t13-/m0/s1. The molecule has 0 bridgehead atoms. The van der Waals surface area contributed by atoms with Gasteiger partial charge in [-0.3, -0.25) is 9.59 Å². The largest absolute Gasteiger partial charge is 0.442 e. The summed E-state index contributed by atoms with van der Waals surface area (Å²) in [4.78, 5) is 31.2. The second kappa shape index (κ2) is 6.20. The summed E-state index contributed by atoms with van der Waals surface area (Å²) < 4.78 is 5.46. The number of nitrogens with one attached hydrogen (secondary N) is 2. The molecule has 2 aromatic heterocycles. The van der Waals surface area contributed by atoms with E-state index >= 15 is 0 Å². The van der Waals surface area contributed by atoms with Gasteiger partial charge in [0.2, 0.25) is 5.71 Å². The van der Waals surface area contributed by atoms with Gasteiger partial charge in [0.25, 0.3) is 11.5 Å². The van der Waals surface area contributed by atoms with Crippen molar-refractivity contribution in [2.75, 3.05) is 6.54 Å². The maximum atomic E-state index is 12.7.